The van der Waals surface area contributed by atoms with Crippen molar-refractivity contribution >= 4 is 23.2 Å². The maximum Gasteiger partial charge on any atom is 0.240 e. The minimum absolute atomic E-state index is 0.225. The SMILES string of the molecule is O=C(Nc1ccc(F)cc1)C1(c2nnc(Cc3ccccc3Cl)o2)CC1. The summed E-state index contributed by atoms with van der Waals surface area (Å²) in [5.74, 6) is 0.135. The molecule has 1 aliphatic rings. The van der Waals surface area contributed by atoms with Crippen molar-refractivity contribution in [3.63, 3.8) is 0 Å². The third-order valence-corrected chi connectivity index (χ3v) is 4.83. The van der Waals surface area contributed by atoms with E-state index in [2.05, 4.69) is 15.5 Å². The molecule has 1 aromatic heterocycles. The van der Waals surface area contributed by atoms with Crippen LogP contribution in [-0.4, -0.2) is 16.1 Å². The molecule has 0 unspecified atom stereocenters. The molecule has 1 heterocycles. The molecule has 132 valence electrons. The van der Waals surface area contributed by atoms with Gasteiger partial charge in [-0.3, -0.25) is 4.79 Å². The average Bonchev–Trinajstić information content (AvgIpc) is 3.32. The molecule has 1 N–H and O–H groups in total. The molecule has 0 radical (unpaired) electrons. The number of anilines is 1. The van der Waals surface area contributed by atoms with Gasteiger partial charge in [0.25, 0.3) is 0 Å². The van der Waals surface area contributed by atoms with E-state index in [0.29, 0.717) is 41.8 Å². The Bertz CT molecular complexity index is 951. The normalized spacial score (nSPS) is 14.8. The first-order valence-electron chi connectivity index (χ1n) is 8.20. The Hall–Kier alpha value is -2.73. The van der Waals surface area contributed by atoms with Crippen LogP contribution in [0.15, 0.2) is 52.9 Å². The van der Waals surface area contributed by atoms with Gasteiger partial charge in [-0.2, -0.15) is 0 Å². The number of nitrogens with zero attached hydrogens (tertiary/aromatic N) is 2. The lowest BCUT2D eigenvalue weighted by Gasteiger charge is -2.11. The molecule has 0 saturated heterocycles. The Morgan fingerprint density at radius 3 is 2.58 bits per heavy atom. The number of halogens is 2. The van der Waals surface area contributed by atoms with Gasteiger partial charge < -0.3 is 9.73 Å². The summed E-state index contributed by atoms with van der Waals surface area (Å²) in [4.78, 5) is 12.7. The molecule has 0 bridgehead atoms. The Kier molecular flexibility index (Phi) is 4.20. The molecular formula is C19H15ClFN3O2. The summed E-state index contributed by atoms with van der Waals surface area (Å²) >= 11 is 6.15. The van der Waals surface area contributed by atoms with Crippen molar-refractivity contribution < 1.29 is 13.6 Å². The number of hydrogen-bond acceptors (Lipinski definition) is 4. The Morgan fingerprint density at radius 1 is 1.15 bits per heavy atom. The second-order valence-corrected chi connectivity index (χ2v) is 6.72. The highest BCUT2D eigenvalue weighted by Gasteiger charge is 2.56. The van der Waals surface area contributed by atoms with Crippen molar-refractivity contribution in [1.82, 2.24) is 10.2 Å². The van der Waals surface area contributed by atoms with E-state index in [1.54, 1.807) is 6.07 Å². The van der Waals surface area contributed by atoms with E-state index in [-0.39, 0.29) is 11.7 Å². The number of nitrogens with one attached hydrogen (secondary N) is 1. The average molecular weight is 372 g/mol. The van der Waals surface area contributed by atoms with Gasteiger partial charge in [-0.25, -0.2) is 4.39 Å². The van der Waals surface area contributed by atoms with Crippen LogP contribution >= 0.6 is 11.6 Å². The monoisotopic (exact) mass is 371 g/mol. The van der Waals surface area contributed by atoms with Crippen LogP contribution in [0.4, 0.5) is 10.1 Å². The van der Waals surface area contributed by atoms with Gasteiger partial charge in [0.05, 0.1) is 6.42 Å². The zero-order valence-electron chi connectivity index (χ0n) is 13.7. The van der Waals surface area contributed by atoms with Gasteiger partial charge in [0.15, 0.2) is 0 Å². The fraction of sp³-hybridized carbons (Fsp3) is 0.211. The molecule has 1 saturated carbocycles. The number of amides is 1. The minimum atomic E-state index is -0.805. The number of carbonyl (C=O) groups excluding carboxylic acids is 1. The van der Waals surface area contributed by atoms with Gasteiger partial charge in [0.1, 0.15) is 11.2 Å². The largest absolute Gasteiger partial charge is 0.424 e. The highest BCUT2D eigenvalue weighted by atomic mass is 35.5. The number of carbonyl (C=O) groups is 1. The van der Waals surface area contributed by atoms with Crippen LogP contribution in [-0.2, 0) is 16.6 Å². The van der Waals surface area contributed by atoms with E-state index in [9.17, 15) is 9.18 Å². The van der Waals surface area contributed by atoms with Crippen molar-refractivity contribution in [3.8, 4) is 0 Å². The first-order valence-corrected chi connectivity index (χ1v) is 8.58. The van der Waals surface area contributed by atoms with Crippen LogP contribution < -0.4 is 5.32 Å². The third-order valence-electron chi connectivity index (χ3n) is 4.46. The summed E-state index contributed by atoms with van der Waals surface area (Å²) in [6.07, 6.45) is 1.67. The summed E-state index contributed by atoms with van der Waals surface area (Å²) in [6, 6.07) is 13.0. The first-order chi connectivity index (χ1) is 12.6. The summed E-state index contributed by atoms with van der Waals surface area (Å²) in [5.41, 5.74) is 0.601. The second kappa shape index (κ2) is 6.53. The van der Waals surface area contributed by atoms with E-state index in [4.69, 9.17) is 16.0 Å². The Labute approximate surface area is 154 Å². The molecule has 1 aliphatic carbocycles. The van der Waals surface area contributed by atoms with Crippen LogP contribution in [0.5, 0.6) is 0 Å². The fourth-order valence-corrected chi connectivity index (χ4v) is 2.97. The van der Waals surface area contributed by atoms with E-state index < -0.39 is 5.41 Å². The minimum Gasteiger partial charge on any atom is -0.424 e. The lowest BCUT2D eigenvalue weighted by atomic mass is 10.1. The van der Waals surface area contributed by atoms with Crippen LogP contribution in [0.1, 0.15) is 30.2 Å². The van der Waals surface area contributed by atoms with Gasteiger partial charge in [0, 0.05) is 10.7 Å². The van der Waals surface area contributed by atoms with Crippen molar-refractivity contribution in [2.24, 2.45) is 0 Å². The molecule has 0 spiro atoms. The number of hydrogen-bond donors (Lipinski definition) is 1. The molecular weight excluding hydrogens is 357 g/mol. The lowest BCUT2D eigenvalue weighted by molar-refractivity contribution is -0.119. The zero-order valence-corrected chi connectivity index (χ0v) is 14.5. The van der Waals surface area contributed by atoms with Crippen molar-refractivity contribution in [1.29, 1.82) is 0 Å². The predicted molar refractivity (Wildman–Crippen MR) is 94.5 cm³/mol. The molecule has 1 fully saturated rings. The maximum absolute atomic E-state index is 13.0. The molecule has 5 nitrogen and oxygen atoms in total. The third kappa shape index (κ3) is 3.20. The van der Waals surface area contributed by atoms with E-state index in [0.717, 1.165) is 5.56 Å². The zero-order chi connectivity index (χ0) is 18.1. The van der Waals surface area contributed by atoms with Crippen molar-refractivity contribution in [2.45, 2.75) is 24.7 Å². The summed E-state index contributed by atoms with van der Waals surface area (Å²) in [5, 5.41) is 11.5. The molecule has 7 heteroatoms. The van der Waals surface area contributed by atoms with Crippen LogP contribution in [0.2, 0.25) is 5.02 Å². The van der Waals surface area contributed by atoms with Gasteiger partial charge in [-0.15, -0.1) is 10.2 Å². The van der Waals surface area contributed by atoms with E-state index in [1.165, 1.54) is 24.3 Å². The standard InChI is InChI=1S/C19H15ClFN3O2/c20-15-4-2-1-3-12(15)11-16-23-24-18(26-16)19(9-10-19)17(25)22-14-7-5-13(21)6-8-14/h1-8H,9-11H2,(H,22,25). The molecule has 3 aromatic rings. The smallest absolute Gasteiger partial charge is 0.240 e. The highest BCUT2D eigenvalue weighted by molar-refractivity contribution is 6.31. The number of rotatable bonds is 5. The predicted octanol–water partition coefficient (Wildman–Crippen LogP) is 4.12. The van der Waals surface area contributed by atoms with Crippen molar-refractivity contribution in [2.75, 3.05) is 5.32 Å². The van der Waals surface area contributed by atoms with Crippen LogP contribution in [0, 0.1) is 5.82 Å². The molecule has 26 heavy (non-hydrogen) atoms. The second-order valence-electron chi connectivity index (χ2n) is 6.31. The summed E-state index contributed by atoms with van der Waals surface area (Å²) < 4.78 is 18.7. The summed E-state index contributed by atoms with van der Waals surface area (Å²) in [7, 11) is 0. The fourth-order valence-electron chi connectivity index (χ4n) is 2.77. The summed E-state index contributed by atoms with van der Waals surface area (Å²) in [6.45, 7) is 0. The van der Waals surface area contributed by atoms with Gasteiger partial charge in [0.2, 0.25) is 17.7 Å². The van der Waals surface area contributed by atoms with Gasteiger partial charge in [-0.05, 0) is 48.7 Å². The maximum atomic E-state index is 13.0. The molecule has 1 amide bonds. The molecule has 0 aliphatic heterocycles. The van der Waals surface area contributed by atoms with Crippen molar-refractivity contribution in [3.05, 3.63) is 76.7 Å². The van der Waals surface area contributed by atoms with E-state index in [1.807, 2.05) is 18.2 Å². The lowest BCUT2D eigenvalue weighted by Crippen LogP contribution is -2.28. The number of aromatic nitrogens is 2. The topological polar surface area (TPSA) is 68.0 Å². The van der Waals surface area contributed by atoms with E-state index >= 15 is 0 Å². The molecule has 2 aromatic carbocycles. The van der Waals surface area contributed by atoms with Gasteiger partial charge in [-0.1, -0.05) is 29.8 Å². The quantitative estimate of drug-likeness (QED) is 0.732. The Morgan fingerprint density at radius 2 is 1.88 bits per heavy atom. The first kappa shape index (κ1) is 16.7. The molecule has 4 rings (SSSR count). The molecule has 0 atom stereocenters. The highest BCUT2D eigenvalue weighted by Crippen LogP contribution is 2.48. The number of benzene rings is 2. The van der Waals surface area contributed by atoms with Crippen LogP contribution in [0.25, 0.3) is 0 Å². The van der Waals surface area contributed by atoms with Gasteiger partial charge >= 0.3 is 0 Å². The Balaban J connectivity index is 1.50. The van der Waals surface area contributed by atoms with Crippen LogP contribution in [0.3, 0.4) is 0 Å².